The van der Waals surface area contributed by atoms with E-state index in [1.54, 1.807) is 6.07 Å². The van der Waals surface area contributed by atoms with Gasteiger partial charge in [-0.3, -0.25) is 0 Å². The summed E-state index contributed by atoms with van der Waals surface area (Å²) in [4.78, 5) is 0. The van der Waals surface area contributed by atoms with Gasteiger partial charge in [0.15, 0.2) is 0 Å². The van der Waals surface area contributed by atoms with Crippen LogP contribution in [0.15, 0.2) is 42.5 Å². The van der Waals surface area contributed by atoms with Gasteiger partial charge in [-0.25, -0.2) is 4.39 Å². The zero-order valence-electron chi connectivity index (χ0n) is 10.4. The second kappa shape index (κ2) is 6.55. The van der Waals surface area contributed by atoms with Gasteiger partial charge in [0.2, 0.25) is 0 Å². The normalized spacial score (nSPS) is 10.6. The van der Waals surface area contributed by atoms with E-state index in [0.717, 1.165) is 29.6 Å². The first-order valence-corrected chi connectivity index (χ1v) is 6.45. The van der Waals surface area contributed by atoms with Crippen molar-refractivity contribution in [3.8, 4) is 5.75 Å². The fraction of sp³-hybridized carbons (Fsp3) is 0.200. The minimum Gasteiger partial charge on any atom is -0.508 e. The van der Waals surface area contributed by atoms with Gasteiger partial charge in [-0.15, -0.1) is 0 Å². The smallest absolute Gasteiger partial charge is 0.127 e. The number of hydrogen-bond donors (Lipinski definition) is 2. The van der Waals surface area contributed by atoms with Crippen LogP contribution in [0, 0.1) is 5.82 Å². The molecule has 4 heteroatoms. The van der Waals surface area contributed by atoms with Crippen LogP contribution in [0.4, 0.5) is 4.39 Å². The van der Waals surface area contributed by atoms with Crippen LogP contribution in [0.5, 0.6) is 5.75 Å². The largest absolute Gasteiger partial charge is 0.508 e. The number of rotatable bonds is 5. The Morgan fingerprint density at radius 3 is 2.47 bits per heavy atom. The molecule has 2 rings (SSSR count). The first-order chi connectivity index (χ1) is 9.13. The summed E-state index contributed by atoms with van der Waals surface area (Å²) in [6.07, 6.45) is 0.873. The molecule has 0 amide bonds. The van der Waals surface area contributed by atoms with Crippen LogP contribution in [0.2, 0.25) is 5.02 Å². The Kier molecular flexibility index (Phi) is 4.77. The standard InChI is InChI=1S/C15H15ClFNO/c16-13-3-1-11(2-4-13)5-6-18-10-12-7-14(17)9-15(19)8-12/h1-4,7-9,18-19H,5-6,10H2. The van der Waals surface area contributed by atoms with Gasteiger partial charge in [0.25, 0.3) is 0 Å². The summed E-state index contributed by atoms with van der Waals surface area (Å²) in [5.74, 6) is -0.469. The van der Waals surface area contributed by atoms with Crippen LogP contribution in [0.1, 0.15) is 11.1 Å². The number of nitrogens with one attached hydrogen (secondary N) is 1. The number of phenols is 1. The average molecular weight is 280 g/mol. The molecule has 0 atom stereocenters. The highest BCUT2D eigenvalue weighted by Gasteiger charge is 2.00. The number of benzene rings is 2. The first kappa shape index (κ1) is 13.8. The fourth-order valence-corrected chi connectivity index (χ4v) is 1.98. The lowest BCUT2D eigenvalue weighted by Crippen LogP contribution is -2.16. The molecular formula is C15H15ClFNO. The summed E-state index contributed by atoms with van der Waals surface area (Å²) in [5.41, 5.74) is 1.92. The van der Waals surface area contributed by atoms with E-state index in [2.05, 4.69) is 5.32 Å². The zero-order chi connectivity index (χ0) is 13.7. The molecule has 0 aliphatic heterocycles. The molecule has 0 aliphatic carbocycles. The zero-order valence-corrected chi connectivity index (χ0v) is 11.1. The van der Waals surface area contributed by atoms with E-state index in [1.165, 1.54) is 11.6 Å². The summed E-state index contributed by atoms with van der Waals surface area (Å²) in [7, 11) is 0. The minimum absolute atomic E-state index is 0.0468. The summed E-state index contributed by atoms with van der Waals surface area (Å²) in [5, 5.41) is 13.2. The molecule has 0 radical (unpaired) electrons. The maximum atomic E-state index is 13.0. The summed E-state index contributed by atoms with van der Waals surface area (Å²) in [6.45, 7) is 1.30. The molecule has 2 nitrogen and oxygen atoms in total. The van der Waals surface area contributed by atoms with Crippen LogP contribution in [-0.4, -0.2) is 11.7 Å². The summed E-state index contributed by atoms with van der Waals surface area (Å²) >= 11 is 5.81. The highest BCUT2D eigenvalue weighted by atomic mass is 35.5. The van der Waals surface area contributed by atoms with Gasteiger partial charge in [0.1, 0.15) is 11.6 Å². The molecule has 0 aromatic heterocycles. The van der Waals surface area contributed by atoms with E-state index < -0.39 is 5.82 Å². The third-order valence-corrected chi connectivity index (χ3v) is 3.03. The van der Waals surface area contributed by atoms with Crippen LogP contribution in [0.3, 0.4) is 0 Å². The van der Waals surface area contributed by atoms with E-state index in [4.69, 9.17) is 11.6 Å². The van der Waals surface area contributed by atoms with Crippen LogP contribution in [-0.2, 0) is 13.0 Å². The van der Waals surface area contributed by atoms with Crippen molar-refractivity contribution in [3.63, 3.8) is 0 Å². The summed E-state index contributed by atoms with van der Waals surface area (Å²) in [6, 6.07) is 11.8. The van der Waals surface area contributed by atoms with Crippen molar-refractivity contribution in [2.75, 3.05) is 6.54 Å². The molecule has 2 aromatic carbocycles. The molecule has 0 fully saturated rings. The minimum atomic E-state index is -0.422. The van der Waals surface area contributed by atoms with E-state index >= 15 is 0 Å². The number of aromatic hydroxyl groups is 1. The molecule has 0 saturated heterocycles. The Morgan fingerprint density at radius 2 is 1.79 bits per heavy atom. The van der Waals surface area contributed by atoms with Crippen molar-refractivity contribution < 1.29 is 9.50 Å². The van der Waals surface area contributed by atoms with Crippen molar-refractivity contribution in [2.24, 2.45) is 0 Å². The Labute approximate surface area is 116 Å². The third kappa shape index (κ3) is 4.54. The van der Waals surface area contributed by atoms with E-state index in [-0.39, 0.29) is 5.75 Å². The maximum Gasteiger partial charge on any atom is 0.127 e. The number of halogens is 2. The van der Waals surface area contributed by atoms with Gasteiger partial charge in [-0.1, -0.05) is 23.7 Å². The van der Waals surface area contributed by atoms with Gasteiger partial charge in [-0.2, -0.15) is 0 Å². The lowest BCUT2D eigenvalue weighted by atomic mass is 10.1. The van der Waals surface area contributed by atoms with E-state index in [0.29, 0.717) is 6.54 Å². The molecule has 100 valence electrons. The fourth-order valence-electron chi connectivity index (χ4n) is 1.85. The predicted octanol–water partition coefficient (Wildman–Crippen LogP) is 3.52. The molecule has 2 aromatic rings. The molecule has 2 N–H and O–H groups in total. The Hall–Kier alpha value is -1.58. The molecule has 0 aliphatic rings. The van der Waals surface area contributed by atoms with Crippen molar-refractivity contribution in [2.45, 2.75) is 13.0 Å². The topological polar surface area (TPSA) is 32.3 Å². The highest BCUT2D eigenvalue weighted by molar-refractivity contribution is 6.30. The molecular weight excluding hydrogens is 265 g/mol. The van der Waals surface area contributed by atoms with Gasteiger partial charge in [0.05, 0.1) is 0 Å². The molecule has 0 heterocycles. The Morgan fingerprint density at radius 1 is 1.05 bits per heavy atom. The quantitative estimate of drug-likeness (QED) is 0.821. The summed E-state index contributed by atoms with van der Waals surface area (Å²) < 4.78 is 13.0. The molecule has 0 saturated carbocycles. The second-order valence-electron chi connectivity index (χ2n) is 4.37. The SMILES string of the molecule is Oc1cc(F)cc(CNCCc2ccc(Cl)cc2)c1. The predicted molar refractivity (Wildman–Crippen MR) is 74.9 cm³/mol. The van der Waals surface area contributed by atoms with Crippen molar-refractivity contribution in [3.05, 3.63) is 64.4 Å². The van der Waals surface area contributed by atoms with Crippen molar-refractivity contribution in [1.29, 1.82) is 0 Å². The Bertz CT molecular complexity index is 522. The number of phenolic OH excluding ortho intramolecular Hbond substituents is 1. The first-order valence-electron chi connectivity index (χ1n) is 6.07. The maximum absolute atomic E-state index is 13.0. The molecule has 19 heavy (non-hydrogen) atoms. The van der Waals surface area contributed by atoms with Gasteiger partial charge < -0.3 is 10.4 Å². The van der Waals surface area contributed by atoms with E-state index in [1.807, 2.05) is 24.3 Å². The van der Waals surface area contributed by atoms with Crippen molar-refractivity contribution >= 4 is 11.6 Å². The second-order valence-corrected chi connectivity index (χ2v) is 4.81. The molecule has 0 spiro atoms. The van der Waals surface area contributed by atoms with Gasteiger partial charge in [-0.05, 0) is 48.4 Å². The van der Waals surface area contributed by atoms with Crippen LogP contribution < -0.4 is 5.32 Å². The van der Waals surface area contributed by atoms with Crippen LogP contribution in [0.25, 0.3) is 0 Å². The highest BCUT2D eigenvalue weighted by Crippen LogP contribution is 2.14. The van der Waals surface area contributed by atoms with Gasteiger partial charge >= 0.3 is 0 Å². The van der Waals surface area contributed by atoms with E-state index in [9.17, 15) is 9.50 Å². The molecule has 0 bridgehead atoms. The lowest BCUT2D eigenvalue weighted by molar-refractivity contribution is 0.467. The van der Waals surface area contributed by atoms with Gasteiger partial charge in [0, 0.05) is 17.6 Å². The average Bonchev–Trinajstić information content (AvgIpc) is 2.36. The monoisotopic (exact) mass is 279 g/mol. The van der Waals surface area contributed by atoms with Crippen molar-refractivity contribution in [1.82, 2.24) is 5.32 Å². The van der Waals surface area contributed by atoms with Crippen LogP contribution >= 0.6 is 11.6 Å². The Balaban J connectivity index is 1.79. The lowest BCUT2D eigenvalue weighted by Gasteiger charge is -2.06. The third-order valence-electron chi connectivity index (χ3n) is 2.78. The number of hydrogen-bond acceptors (Lipinski definition) is 2. The molecule has 0 unspecified atom stereocenters.